The predicted octanol–water partition coefficient (Wildman–Crippen LogP) is 11.6. The van der Waals surface area contributed by atoms with E-state index in [-0.39, 0.29) is 32.2 Å². The summed E-state index contributed by atoms with van der Waals surface area (Å²) in [6.45, 7) is 8.74. The molecule has 0 saturated heterocycles. The van der Waals surface area contributed by atoms with Crippen molar-refractivity contribution in [3.63, 3.8) is 0 Å². The van der Waals surface area contributed by atoms with Crippen molar-refractivity contribution in [2.75, 3.05) is 0 Å². The SMILES string of the molecule is Cc1nc2cccnc2c2nc3c(-c4[c-]c(-n5c6ccccc6c6cccc(O)c65)cc(C(C)(C)C)c4)ccc(-c4ccccc4-c4ccccc4)c3n12.[Pt]. The Morgan fingerprint density at radius 3 is 2.18 bits per heavy atom. The number of rotatable bonds is 4. The first kappa shape index (κ1) is 34.7. The van der Waals surface area contributed by atoms with E-state index in [1.54, 1.807) is 12.3 Å². The predicted molar refractivity (Wildman–Crippen MR) is 220 cm³/mol. The normalized spacial score (nSPS) is 11.9. The summed E-state index contributed by atoms with van der Waals surface area (Å²) in [6.07, 6.45) is 1.80. The van der Waals surface area contributed by atoms with Crippen LogP contribution in [0, 0.1) is 13.0 Å². The maximum atomic E-state index is 11.3. The van der Waals surface area contributed by atoms with E-state index in [0.29, 0.717) is 0 Å². The molecule has 6 nitrogen and oxygen atoms in total. The number of benzene rings is 6. The van der Waals surface area contributed by atoms with Gasteiger partial charge in [-0.3, -0.25) is 9.38 Å². The van der Waals surface area contributed by atoms with E-state index < -0.39 is 0 Å². The third-order valence-corrected chi connectivity index (χ3v) is 10.6. The van der Waals surface area contributed by atoms with Crippen LogP contribution in [0.5, 0.6) is 5.75 Å². The molecule has 7 heteroatoms. The van der Waals surface area contributed by atoms with Gasteiger partial charge in [0.25, 0.3) is 0 Å². The van der Waals surface area contributed by atoms with Gasteiger partial charge in [-0.05, 0) is 59.0 Å². The fraction of sp³-hybridized carbons (Fsp3) is 0.104. The molecule has 0 unspecified atom stereocenters. The van der Waals surface area contributed by atoms with E-state index in [0.717, 1.165) is 100.0 Å². The Morgan fingerprint density at radius 1 is 0.636 bits per heavy atom. The van der Waals surface area contributed by atoms with Crippen LogP contribution < -0.4 is 0 Å². The summed E-state index contributed by atoms with van der Waals surface area (Å²) in [5.74, 6) is 1.06. The van der Waals surface area contributed by atoms with Gasteiger partial charge in [0.2, 0.25) is 0 Å². The number of fused-ring (bicyclic) bond motifs is 8. The van der Waals surface area contributed by atoms with Crippen LogP contribution in [-0.4, -0.2) is 29.0 Å². The maximum Gasteiger partial charge on any atom is 0.166 e. The molecule has 0 amide bonds. The summed E-state index contributed by atoms with van der Waals surface area (Å²) in [7, 11) is 0. The molecule has 4 aromatic heterocycles. The van der Waals surface area contributed by atoms with E-state index in [9.17, 15) is 5.11 Å². The number of phenolic OH excluding ortho intramolecular Hbond substituents is 1. The van der Waals surface area contributed by atoms with Crippen molar-refractivity contribution < 1.29 is 26.2 Å². The van der Waals surface area contributed by atoms with Gasteiger partial charge in [0, 0.05) is 43.6 Å². The number of aromatic nitrogens is 5. The van der Waals surface area contributed by atoms with Gasteiger partial charge >= 0.3 is 0 Å². The molecule has 0 aliphatic rings. The molecular formula is C48H36N5OPt-. The fourth-order valence-electron chi connectivity index (χ4n) is 8.06. The first-order valence-electron chi connectivity index (χ1n) is 18.3. The van der Waals surface area contributed by atoms with Gasteiger partial charge < -0.3 is 9.67 Å². The first-order valence-corrected chi connectivity index (χ1v) is 18.3. The second-order valence-electron chi connectivity index (χ2n) is 15.0. The summed E-state index contributed by atoms with van der Waals surface area (Å²) in [5, 5.41) is 13.4. The molecule has 0 radical (unpaired) electrons. The molecule has 4 heterocycles. The second-order valence-corrected chi connectivity index (χ2v) is 15.0. The monoisotopic (exact) mass is 893 g/mol. The average Bonchev–Trinajstić information content (AvgIpc) is 3.76. The number of aryl methyl sites for hydroxylation is 1. The number of imidazole rings is 1. The van der Waals surface area contributed by atoms with Gasteiger partial charge in [0.15, 0.2) is 5.65 Å². The van der Waals surface area contributed by atoms with Crippen molar-refractivity contribution in [1.82, 2.24) is 23.9 Å². The van der Waals surface area contributed by atoms with Crippen LogP contribution in [0.15, 0.2) is 140 Å². The van der Waals surface area contributed by atoms with Crippen molar-refractivity contribution in [2.45, 2.75) is 33.1 Å². The number of para-hydroxylation sites is 2. The Hall–Kier alpha value is -6.10. The van der Waals surface area contributed by atoms with Crippen LogP contribution >= 0.6 is 0 Å². The molecule has 0 aliphatic heterocycles. The molecule has 0 fully saturated rings. The average molecular weight is 894 g/mol. The van der Waals surface area contributed by atoms with E-state index in [4.69, 9.17) is 15.0 Å². The summed E-state index contributed by atoms with van der Waals surface area (Å²) in [4.78, 5) is 15.3. The summed E-state index contributed by atoms with van der Waals surface area (Å²) >= 11 is 0. The smallest absolute Gasteiger partial charge is 0.166 e. The number of phenols is 1. The number of nitrogens with zero attached hydrogens (tertiary/aromatic N) is 5. The molecule has 0 aliphatic carbocycles. The summed E-state index contributed by atoms with van der Waals surface area (Å²) in [5.41, 5.74) is 14.0. The van der Waals surface area contributed by atoms with Crippen LogP contribution in [0.1, 0.15) is 32.2 Å². The third-order valence-electron chi connectivity index (χ3n) is 10.6. The van der Waals surface area contributed by atoms with Crippen molar-refractivity contribution in [3.8, 4) is 44.8 Å². The third kappa shape index (κ3) is 5.46. The molecule has 10 rings (SSSR count). The molecule has 10 aromatic rings. The Bertz CT molecular complexity index is 3120. The standard InChI is InChI=1S/C48H36N5O.Pt/c1-29-50-40-20-13-25-49-44(40)47-51-43-35(23-24-39(46(43)52(29)47)36-17-9-8-16-34(36)30-14-6-5-7-15-30)31-26-32(48(2,3)4)28-33(27-31)53-41-21-11-10-18-37(41)38-19-12-22-42(54)45(38)53;/h5-26,28,54H,1-4H3;/q-1;. The minimum absolute atomic E-state index is 0. The minimum Gasteiger partial charge on any atom is -0.506 e. The zero-order valence-corrected chi connectivity index (χ0v) is 33.1. The molecule has 6 aromatic carbocycles. The Balaban J connectivity index is 0.00000397. The minimum atomic E-state index is -0.188. The molecule has 0 bridgehead atoms. The Labute approximate surface area is 333 Å². The van der Waals surface area contributed by atoms with Crippen molar-refractivity contribution in [1.29, 1.82) is 0 Å². The summed E-state index contributed by atoms with van der Waals surface area (Å²) < 4.78 is 4.32. The van der Waals surface area contributed by atoms with Gasteiger partial charge in [-0.25, -0.2) is 9.97 Å². The van der Waals surface area contributed by atoms with Crippen molar-refractivity contribution in [3.05, 3.63) is 157 Å². The van der Waals surface area contributed by atoms with Crippen LogP contribution in [0.2, 0.25) is 0 Å². The molecule has 55 heavy (non-hydrogen) atoms. The molecular weight excluding hydrogens is 858 g/mol. The maximum absolute atomic E-state index is 11.3. The van der Waals surface area contributed by atoms with E-state index in [2.05, 4.69) is 127 Å². The number of hydrogen-bond acceptors (Lipinski definition) is 4. The van der Waals surface area contributed by atoms with Crippen LogP contribution in [0.25, 0.3) is 88.6 Å². The number of hydrogen-bond donors (Lipinski definition) is 1. The van der Waals surface area contributed by atoms with Crippen LogP contribution in [-0.2, 0) is 26.5 Å². The van der Waals surface area contributed by atoms with Crippen molar-refractivity contribution >= 4 is 49.5 Å². The van der Waals surface area contributed by atoms with E-state index in [1.807, 2.05) is 43.3 Å². The van der Waals surface area contributed by atoms with Crippen LogP contribution in [0.4, 0.5) is 0 Å². The van der Waals surface area contributed by atoms with E-state index in [1.165, 1.54) is 0 Å². The molecule has 1 N–H and O–H groups in total. The van der Waals surface area contributed by atoms with Gasteiger partial charge in [-0.2, -0.15) is 0 Å². The number of pyridine rings is 1. The van der Waals surface area contributed by atoms with Crippen molar-refractivity contribution in [2.24, 2.45) is 0 Å². The Kier molecular flexibility index (Phi) is 8.21. The molecule has 270 valence electrons. The van der Waals surface area contributed by atoms with E-state index >= 15 is 0 Å². The largest absolute Gasteiger partial charge is 0.506 e. The topological polar surface area (TPSA) is 68.2 Å². The van der Waals surface area contributed by atoms with Gasteiger partial charge in [0.05, 0.1) is 27.6 Å². The second kappa shape index (κ2) is 13.0. The fourth-order valence-corrected chi connectivity index (χ4v) is 8.06. The van der Waals surface area contributed by atoms with Gasteiger partial charge in [-0.15, -0.1) is 29.3 Å². The zero-order chi connectivity index (χ0) is 36.7. The quantitative estimate of drug-likeness (QED) is 0.179. The molecule has 0 atom stereocenters. The zero-order valence-electron chi connectivity index (χ0n) is 30.8. The Morgan fingerprint density at radius 2 is 1.36 bits per heavy atom. The summed E-state index contributed by atoms with van der Waals surface area (Å²) in [6, 6.07) is 49.8. The van der Waals surface area contributed by atoms with Gasteiger partial charge in [0.1, 0.15) is 17.1 Å². The van der Waals surface area contributed by atoms with Gasteiger partial charge in [-0.1, -0.05) is 123 Å². The molecule has 0 saturated carbocycles. The molecule has 0 spiro atoms. The first-order chi connectivity index (χ1) is 26.3. The number of aromatic hydroxyl groups is 1. The van der Waals surface area contributed by atoms with Crippen LogP contribution in [0.3, 0.4) is 0 Å².